The smallest absolute Gasteiger partial charge is 0.306 e. The Bertz CT molecular complexity index is 879. The normalized spacial score (nSPS) is 10.5. The minimum absolute atomic E-state index is 0.0508. The fourth-order valence-electron chi connectivity index (χ4n) is 3.07. The molecule has 5 nitrogen and oxygen atoms in total. The average Bonchev–Trinajstić information content (AvgIpc) is 2.72. The van der Waals surface area contributed by atoms with E-state index in [1.54, 1.807) is 6.07 Å². The van der Waals surface area contributed by atoms with Crippen molar-refractivity contribution in [3.05, 3.63) is 64.2 Å². The molecular formula is C24H29NO4. The van der Waals surface area contributed by atoms with Gasteiger partial charge in [0.15, 0.2) is 12.4 Å². The molecule has 0 aromatic heterocycles. The van der Waals surface area contributed by atoms with E-state index in [0.29, 0.717) is 5.56 Å². The summed E-state index contributed by atoms with van der Waals surface area (Å²) in [7, 11) is 0. The van der Waals surface area contributed by atoms with E-state index in [-0.39, 0.29) is 31.1 Å². The molecule has 0 aliphatic heterocycles. The third-order valence-corrected chi connectivity index (χ3v) is 5.01. The van der Waals surface area contributed by atoms with Crippen LogP contribution in [0.2, 0.25) is 0 Å². The number of esters is 1. The number of ether oxygens (including phenoxy) is 1. The number of anilines is 1. The molecule has 0 bridgehead atoms. The molecule has 5 heteroatoms. The van der Waals surface area contributed by atoms with Crippen molar-refractivity contribution in [2.45, 2.75) is 53.4 Å². The number of benzene rings is 2. The van der Waals surface area contributed by atoms with Gasteiger partial charge in [-0.15, -0.1) is 0 Å². The molecule has 0 heterocycles. The van der Waals surface area contributed by atoms with Crippen LogP contribution in [0.4, 0.5) is 5.69 Å². The van der Waals surface area contributed by atoms with Gasteiger partial charge in [0.1, 0.15) is 0 Å². The lowest BCUT2D eigenvalue weighted by Crippen LogP contribution is -2.22. The van der Waals surface area contributed by atoms with Gasteiger partial charge in [0.25, 0.3) is 5.91 Å². The van der Waals surface area contributed by atoms with Crippen molar-refractivity contribution in [3.8, 4) is 0 Å². The Morgan fingerprint density at radius 3 is 2.14 bits per heavy atom. The lowest BCUT2D eigenvalue weighted by molar-refractivity contribution is -0.147. The van der Waals surface area contributed by atoms with E-state index in [1.165, 1.54) is 0 Å². The van der Waals surface area contributed by atoms with Gasteiger partial charge >= 0.3 is 5.97 Å². The highest BCUT2D eigenvalue weighted by molar-refractivity contribution is 5.98. The minimum atomic E-state index is -0.558. The molecule has 0 fully saturated rings. The zero-order valence-electron chi connectivity index (χ0n) is 17.6. The van der Waals surface area contributed by atoms with Crippen LogP contribution in [0, 0.1) is 13.8 Å². The summed E-state index contributed by atoms with van der Waals surface area (Å²) < 4.78 is 5.05. The average molecular weight is 395 g/mol. The molecule has 2 aromatic carbocycles. The van der Waals surface area contributed by atoms with Crippen LogP contribution in [-0.2, 0) is 27.2 Å². The molecule has 0 atom stereocenters. The Morgan fingerprint density at radius 1 is 0.897 bits per heavy atom. The first kappa shape index (κ1) is 22.3. The zero-order valence-corrected chi connectivity index (χ0v) is 17.6. The number of nitrogens with one attached hydrogen (secondary N) is 1. The molecule has 0 aliphatic rings. The van der Waals surface area contributed by atoms with Crippen molar-refractivity contribution in [2.75, 3.05) is 11.9 Å². The van der Waals surface area contributed by atoms with Gasteiger partial charge in [-0.05, 0) is 55.0 Å². The van der Waals surface area contributed by atoms with Gasteiger partial charge in [-0.3, -0.25) is 14.4 Å². The third-order valence-electron chi connectivity index (χ3n) is 5.01. The number of rotatable bonds is 9. The number of para-hydroxylation sites is 1. The second-order valence-corrected chi connectivity index (χ2v) is 7.09. The maximum Gasteiger partial charge on any atom is 0.306 e. The summed E-state index contributed by atoms with van der Waals surface area (Å²) in [5, 5.41) is 2.86. The van der Waals surface area contributed by atoms with E-state index in [1.807, 2.05) is 58.0 Å². The van der Waals surface area contributed by atoms with E-state index < -0.39 is 5.97 Å². The summed E-state index contributed by atoms with van der Waals surface area (Å²) >= 11 is 0. The number of aryl methyl sites for hydroxylation is 4. The van der Waals surface area contributed by atoms with Gasteiger partial charge in [-0.1, -0.05) is 44.2 Å². The molecule has 154 valence electrons. The van der Waals surface area contributed by atoms with E-state index in [9.17, 15) is 14.4 Å². The molecule has 0 radical (unpaired) electrons. The van der Waals surface area contributed by atoms with E-state index in [2.05, 4.69) is 5.32 Å². The van der Waals surface area contributed by atoms with Crippen molar-refractivity contribution in [1.82, 2.24) is 0 Å². The molecule has 29 heavy (non-hydrogen) atoms. The Hall–Kier alpha value is -2.95. The quantitative estimate of drug-likeness (QED) is 0.498. The van der Waals surface area contributed by atoms with E-state index >= 15 is 0 Å². The Morgan fingerprint density at radius 2 is 1.55 bits per heavy atom. The van der Waals surface area contributed by atoms with Crippen LogP contribution in [-0.4, -0.2) is 24.3 Å². The second kappa shape index (κ2) is 10.6. The molecule has 1 N–H and O–H groups in total. The number of ketones is 1. The first-order valence-electron chi connectivity index (χ1n) is 10.0. The lowest BCUT2D eigenvalue weighted by Gasteiger charge is -2.14. The zero-order chi connectivity index (χ0) is 21.4. The van der Waals surface area contributed by atoms with E-state index in [4.69, 9.17) is 4.74 Å². The summed E-state index contributed by atoms with van der Waals surface area (Å²) in [5.41, 5.74) is 5.62. The number of carbonyl (C=O) groups is 3. The summed E-state index contributed by atoms with van der Waals surface area (Å²) in [4.78, 5) is 36.4. The fraction of sp³-hybridized carbons (Fsp3) is 0.375. The molecular weight excluding hydrogens is 366 g/mol. The standard InChI is InChI=1S/C24H29NO4/c1-5-18-8-7-9-19(6-2)24(18)25-22(27)15-29-23(28)13-12-21(26)20-11-10-16(3)17(4)14-20/h7-11,14H,5-6,12-13,15H2,1-4H3,(H,25,27). The number of Topliss-reactive ketones (excluding diaryl/α,β-unsaturated/α-hetero) is 1. The highest BCUT2D eigenvalue weighted by Crippen LogP contribution is 2.22. The van der Waals surface area contributed by atoms with Crippen molar-refractivity contribution in [2.24, 2.45) is 0 Å². The second-order valence-electron chi connectivity index (χ2n) is 7.09. The summed E-state index contributed by atoms with van der Waals surface area (Å²) in [6, 6.07) is 11.4. The maximum atomic E-state index is 12.2. The molecule has 0 spiro atoms. The van der Waals surface area contributed by atoms with Crippen LogP contribution < -0.4 is 5.32 Å². The number of carbonyl (C=O) groups excluding carboxylic acids is 3. The lowest BCUT2D eigenvalue weighted by atomic mass is 10.0. The summed E-state index contributed by atoms with van der Waals surface area (Å²) in [5.74, 6) is -1.05. The fourth-order valence-corrected chi connectivity index (χ4v) is 3.07. The molecule has 2 aromatic rings. The van der Waals surface area contributed by atoms with Crippen LogP contribution >= 0.6 is 0 Å². The summed E-state index contributed by atoms with van der Waals surface area (Å²) in [6.07, 6.45) is 1.60. The molecule has 0 aliphatic carbocycles. The highest BCUT2D eigenvalue weighted by Gasteiger charge is 2.14. The predicted octanol–water partition coefficient (Wildman–Crippen LogP) is 4.57. The number of hydrogen-bond acceptors (Lipinski definition) is 4. The molecule has 0 unspecified atom stereocenters. The van der Waals surface area contributed by atoms with Gasteiger partial charge in [-0.2, -0.15) is 0 Å². The maximum absolute atomic E-state index is 12.2. The van der Waals surface area contributed by atoms with Crippen molar-refractivity contribution in [1.29, 1.82) is 0 Å². The van der Waals surface area contributed by atoms with Crippen molar-refractivity contribution < 1.29 is 19.1 Å². The van der Waals surface area contributed by atoms with Crippen LogP contribution in [0.3, 0.4) is 0 Å². The van der Waals surface area contributed by atoms with E-state index in [0.717, 1.165) is 40.8 Å². The van der Waals surface area contributed by atoms with Gasteiger partial charge < -0.3 is 10.1 Å². The van der Waals surface area contributed by atoms with Crippen LogP contribution in [0.1, 0.15) is 59.3 Å². The SMILES string of the molecule is CCc1cccc(CC)c1NC(=O)COC(=O)CCC(=O)c1ccc(C)c(C)c1. The number of hydrogen-bond donors (Lipinski definition) is 1. The van der Waals surface area contributed by atoms with Crippen LogP contribution in [0.5, 0.6) is 0 Å². The predicted molar refractivity (Wildman–Crippen MR) is 114 cm³/mol. The Balaban J connectivity index is 1.84. The largest absolute Gasteiger partial charge is 0.456 e. The van der Waals surface area contributed by atoms with Gasteiger partial charge in [0, 0.05) is 17.7 Å². The monoisotopic (exact) mass is 395 g/mol. The minimum Gasteiger partial charge on any atom is -0.456 e. The van der Waals surface area contributed by atoms with Gasteiger partial charge in [0.2, 0.25) is 0 Å². The molecule has 2 rings (SSSR count). The first-order valence-corrected chi connectivity index (χ1v) is 10.0. The van der Waals surface area contributed by atoms with Gasteiger partial charge in [0.05, 0.1) is 6.42 Å². The van der Waals surface area contributed by atoms with Gasteiger partial charge in [-0.25, -0.2) is 0 Å². The van der Waals surface area contributed by atoms with Crippen molar-refractivity contribution in [3.63, 3.8) is 0 Å². The Labute approximate surface area is 172 Å². The highest BCUT2D eigenvalue weighted by atomic mass is 16.5. The number of amides is 1. The molecule has 0 saturated carbocycles. The summed E-state index contributed by atoms with van der Waals surface area (Å²) in [6.45, 7) is 7.61. The molecule has 0 saturated heterocycles. The molecule has 1 amide bonds. The van der Waals surface area contributed by atoms with Crippen molar-refractivity contribution >= 4 is 23.3 Å². The third kappa shape index (κ3) is 6.28. The first-order chi connectivity index (χ1) is 13.8. The van der Waals surface area contributed by atoms with Crippen LogP contribution in [0.25, 0.3) is 0 Å². The Kier molecular flexibility index (Phi) is 8.13. The van der Waals surface area contributed by atoms with Crippen LogP contribution in [0.15, 0.2) is 36.4 Å². The topological polar surface area (TPSA) is 72.5 Å².